The molecule has 2 aliphatic heterocycles. The molecule has 4 rings (SSSR count). The van der Waals surface area contributed by atoms with Crippen LogP contribution < -0.4 is 0 Å². The van der Waals surface area contributed by atoms with E-state index in [1.807, 2.05) is 6.92 Å². The van der Waals surface area contributed by atoms with Crippen LogP contribution in [0.25, 0.3) is 10.2 Å². The lowest BCUT2D eigenvalue weighted by molar-refractivity contribution is 0.140. The minimum Gasteiger partial charge on any atom is -0.338 e. The predicted octanol–water partition coefficient (Wildman–Crippen LogP) is 4.06. The Balaban J connectivity index is 1.43. The molecule has 1 aromatic carbocycles. The zero-order valence-electron chi connectivity index (χ0n) is 18.4. The second-order valence-electron chi connectivity index (χ2n) is 8.37. The second-order valence-corrected chi connectivity index (χ2v) is 11.9. The molecule has 0 amide bonds. The molecule has 2 aromatic rings. The van der Waals surface area contributed by atoms with Crippen LogP contribution >= 0.6 is 11.3 Å². The number of aryl methyl sites for hydroxylation is 1. The number of hydrogen-bond acceptors (Lipinski definition) is 6. The zero-order valence-corrected chi connectivity index (χ0v) is 20.1. The molecule has 1 aromatic heterocycles. The van der Waals surface area contributed by atoms with E-state index in [0.29, 0.717) is 29.9 Å². The number of nitrogens with one attached hydrogen (secondary N) is 1. The van der Waals surface area contributed by atoms with Crippen molar-refractivity contribution in [2.45, 2.75) is 33.2 Å². The lowest BCUT2D eigenvalue weighted by Crippen LogP contribution is -2.49. The summed E-state index contributed by atoms with van der Waals surface area (Å²) in [5.74, 6) is 1.32. The highest BCUT2D eigenvalue weighted by atomic mass is 32.2. The summed E-state index contributed by atoms with van der Waals surface area (Å²) in [6.07, 6.45) is 0.572. The predicted molar refractivity (Wildman–Crippen MR) is 131 cm³/mol. The Morgan fingerprint density at radius 3 is 2.71 bits per heavy atom. The molecule has 2 aliphatic rings. The van der Waals surface area contributed by atoms with Crippen molar-refractivity contribution < 1.29 is 4.21 Å². The number of benzene rings is 1. The van der Waals surface area contributed by atoms with Crippen LogP contribution in [0.2, 0.25) is 0 Å². The highest BCUT2D eigenvalue weighted by molar-refractivity contribution is 7.92. The van der Waals surface area contributed by atoms with Crippen molar-refractivity contribution in [3.05, 3.63) is 40.0 Å². The lowest BCUT2D eigenvalue weighted by Gasteiger charge is -2.38. The Labute approximate surface area is 188 Å². The van der Waals surface area contributed by atoms with Gasteiger partial charge in [0, 0.05) is 59.8 Å². The van der Waals surface area contributed by atoms with Crippen LogP contribution in [0.1, 0.15) is 36.9 Å². The molecule has 7 nitrogen and oxygen atoms in total. The fraction of sp³-hybridized carbons (Fsp3) is 0.500. The summed E-state index contributed by atoms with van der Waals surface area (Å²) in [7, 11) is -2.49. The summed E-state index contributed by atoms with van der Waals surface area (Å²) in [5, 5.41) is 1.10. The van der Waals surface area contributed by atoms with E-state index < -0.39 is 9.73 Å². The highest BCUT2D eigenvalue weighted by Crippen LogP contribution is 2.28. The average molecular weight is 459 g/mol. The van der Waals surface area contributed by atoms with Crippen molar-refractivity contribution in [2.75, 3.05) is 37.7 Å². The van der Waals surface area contributed by atoms with Crippen LogP contribution in [0.3, 0.4) is 0 Å². The Kier molecular flexibility index (Phi) is 6.27. The Morgan fingerprint density at radius 1 is 1.29 bits per heavy atom. The van der Waals surface area contributed by atoms with Crippen LogP contribution in [0, 0.1) is 11.7 Å². The molecular formula is C22H30N6OS2. The van der Waals surface area contributed by atoms with Crippen molar-refractivity contribution in [2.24, 2.45) is 9.98 Å². The van der Waals surface area contributed by atoms with E-state index in [1.54, 1.807) is 11.3 Å². The van der Waals surface area contributed by atoms with Gasteiger partial charge >= 0.3 is 0 Å². The standard InChI is InChI=1S/C22H30N6OS2/c1-15-14-31(23,29)12-7-19(15)26-22(24-4)28-10-8-27(9-11-28)16(2)18-5-6-21-20(13-18)25-17(3)30-21/h5-6,13,16,23H,4,7-12,14H2,1-3H3/b26-22+. The summed E-state index contributed by atoms with van der Waals surface area (Å²) >= 11 is 1.74. The number of guanidine groups is 1. The van der Waals surface area contributed by atoms with E-state index in [4.69, 9.17) is 9.77 Å². The van der Waals surface area contributed by atoms with E-state index in [0.717, 1.165) is 48.0 Å². The van der Waals surface area contributed by atoms with Gasteiger partial charge in [-0.1, -0.05) is 6.07 Å². The molecule has 0 bridgehead atoms. The molecule has 9 heteroatoms. The van der Waals surface area contributed by atoms with Gasteiger partial charge in [0.05, 0.1) is 21.0 Å². The van der Waals surface area contributed by atoms with Gasteiger partial charge in [-0.05, 0) is 50.8 Å². The molecular weight excluding hydrogens is 428 g/mol. The molecule has 0 saturated carbocycles. The number of rotatable bonds is 3. The van der Waals surface area contributed by atoms with Crippen LogP contribution in [0.4, 0.5) is 0 Å². The zero-order chi connectivity index (χ0) is 22.2. The van der Waals surface area contributed by atoms with Crippen LogP contribution in [0.5, 0.6) is 0 Å². The topological polar surface area (TPSA) is 85.0 Å². The number of nitrogens with zero attached hydrogens (tertiary/aromatic N) is 5. The van der Waals surface area contributed by atoms with Crippen molar-refractivity contribution in [1.29, 1.82) is 4.78 Å². The van der Waals surface area contributed by atoms with Crippen LogP contribution in [0.15, 0.2) is 39.5 Å². The molecule has 166 valence electrons. The van der Waals surface area contributed by atoms with E-state index in [2.05, 4.69) is 58.5 Å². The van der Waals surface area contributed by atoms with E-state index in [1.165, 1.54) is 10.3 Å². The minimum atomic E-state index is -2.49. The van der Waals surface area contributed by atoms with Gasteiger partial charge in [-0.25, -0.2) is 19.2 Å². The first-order valence-electron chi connectivity index (χ1n) is 10.6. The molecule has 1 saturated heterocycles. The second kappa shape index (κ2) is 8.80. The van der Waals surface area contributed by atoms with Gasteiger partial charge in [0.25, 0.3) is 0 Å². The summed E-state index contributed by atoms with van der Waals surface area (Å²) in [5.41, 5.74) is 4.23. The third kappa shape index (κ3) is 4.88. The first-order valence-corrected chi connectivity index (χ1v) is 13.3. The third-order valence-electron chi connectivity index (χ3n) is 6.13. The molecule has 3 heterocycles. The van der Waals surface area contributed by atoms with Crippen molar-refractivity contribution in [3.8, 4) is 0 Å². The van der Waals surface area contributed by atoms with Gasteiger partial charge in [0.1, 0.15) is 0 Å². The number of allylic oxidation sites excluding steroid dienone is 1. The number of fused-ring (bicyclic) bond motifs is 1. The van der Waals surface area contributed by atoms with Gasteiger partial charge < -0.3 is 4.90 Å². The molecule has 2 unspecified atom stereocenters. The summed E-state index contributed by atoms with van der Waals surface area (Å²) in [6, 6.07) is 6.94. The maximum Gasteiger partial charge on any atom is 0.225 e. The summed E-state index contributed by atoms with van der Waals surface area (Å²) < 4.78 is 21.1. The van der Waals surface area contributed by atoms with Crippen molar-refractivity contribution >= 4 is 44.0 Å². The van der Waals surface area contributed by atoms with Gasteiger partial charge in [0.2, 0.25) is 5.96 Å². The lowest BCUT2D eigenvalue weighted by atomic mass is 10.1. The molecule has 1 fully saturated rings. The number of thiazole rings is 1. The number of hydrogen-bond donors (Lipinski definition) is 1. The monoisotopic (exact) mass is 458 g/mol. The molecule has 2 atom stereocenters. The summed E-state index contributed by atoms with van der Waals surface area (Å²) in [6.45, 7) is 13.5. The third-order valence-corrected chi connectivity index (χ3v) is 8.85. The Bertz CT molecular complexity index is 1160. The number of aromatic nitrogens is 1. The molecule has 1 N–H and O–H groups in total. The van der Waals surface area contributed by atoms with Gasteiger partial charge in [-0.2, -0.15) is 0 Å². The van der Waals surface area contributed by atoms with Gasteiger partial charge in [0.15, 0.2) is 0 Å². The Hall–Kier alpha value is -2.10. The van der Waals surface area contributed by atoms with Crippen molar-refractivity contribution in [3.63, 3.8) is 0 Å². The SMILES string of the molecule is C=N/C(=N\C1=C(C)CS(=N)(=O)CC1)N1CCN(C(C)c2ccc3sc(C)nc3c2)CC1. The summed E-state index contributed by atoms with van der Waals surface area (Å²) in [4.78, 5) is 18.2. The maximum atomic E-state index is 12.0. The first kappa shape index (κ1) is 22.1. The quantitative estimate of drug-likeness (QED) is 0.555. The van der Waals surface area contributed by atoms with Crippen LogP contribution in [-0.2, 0) is 9.73 Å². The van der Waals surface area contributed by atoms with E-state index in [9.17, 15) is 4.21 Å². The molecule has 0 radical (unpaired) electrons. The van der Waals surface area contributed by atoms with E-state index >= 15 is 0 Å². The average Bonchev–Trinajstić information content (AvgIpc) is 3.11. The fourth-order valence-corrected chi connectivity index (χ4v) is 6.64. The smallest absolute Gasteiger partial charge is 0.225 e. The van der Waals surface area contributed by atoms with E-state index in [-0.39, 0.29) is 0 Å². The maximum absolute atomic E-state index is 12.0. The number of aliphatic imine (C=N–C) groups is 2. The van der Waals surface area contributed by atoms with Crippen LogP contribution in [-0.4, -0.2) is 69.4 Å². The van der Waals surface area contributed by atoms with Crippen molar-refractivity contribution in [1.82, 2.24) is 14.8 Å². The normalized spacial score (nSPS) is 24.6. The molecule has 31 heavy (non-hydrogen) atoms. The highest BCUT2D eigenvalue weighted by Gasteiger charge is 2.25. The molecule has 0 spiro atoms. The molecule has 0 aliphatic carbocycles. The Morgan fingerprint density at radius 2 is 2.03 bits per heavy atom. The number of piperazine rings is 1. The largest absolute Gasteiger partial charge is 0.338 e. The fourth-order valence-electron chi connectivity index (χ4n) is 4.30. The van der Waals surface area contributed by atoms with Gasteiger partial charge in [-0.15, -0.1) is 11.3 Å². The minimum absolute atomic E-state index is 0.310. The van der Waals surface area contributed by atoms with Gasteiger partial charge in [-0.3, -0.25) is 9.68 Å². The first-order chi connectivity index (χ1) is 14.8.